The maximum atomic E-state index is 12.7. The van der Waals surface area contributed by atoms with Gasteiger partial charge in [0.25, 0.3) is 0 Å². The Morgan fingerprint density at radius 3 is 2.69 bits per heavy atom. The van der Waals surface area contributed by atoms with Gasteiger partial charge in [0.1, 0.15) is 0 Å². The Hall–Kier alpha value is -2.57. The van der Waals surface area contributed by atoms with Gasteiger partial charge >= 0.3 is 18.0 Å². The van der Waals surface area contributed by atoms with Crippen LogP contribution in [0.1, 0.15) is 37.7 Å². The number of rotatable bonds is 8. The molecule has 7 heteroatoms. The molecular formula is C19H26N2O5. The zero-order chi connectivity index (χ0) is 18.9. The molecule has 1 aromatic rings. The van der Waals surface area contributed by atoms with Crippen LogP contribution in [-0.2, 0) is 20.7 Å². The number of amides is 2. The van der Waals surface area contributed by atoms with Crippen molar-refractivity contribution in [2.45, 2.75) is 50.6 Å². The minimum Gasteiger partial charge on any atom is -0.481 e. The fourth-order valence-electron chi connectivity index (χ4n) is 3.27. The summed E-state index contributed by atoms with van der Waals surface area (Å²) in [5.74, 6) is -1.22. The van der Waals surface area contributed by atoms with Crippen LogP contribution in [-0.4, -0.2) is 53.7 Å². The number of likely N-dealkylation sites (tertiary alicyclic amines) is 1. The van der Waals surface area contributed by atoms with Gasteiger partial charge in [-0.15, -0.1) is 0 Å². The Bertz CT molecular complexity index is 620. The molecule has 0 aliphatic carbocycles. The predicted molar refractivity (Wildman–Crippen MR) is 95.7 cm³/mol. The average Bonchev–Trinajstić information content (AvgIpc) is 3.08. The number of nitrogens with one attached hydrogen (secondary N) is 1. The lowest BCUT2D eigenvalue weighted by atomic mass is 10.0. The smallest absolute Gasteiger partial charge is 0.317 e. The minimum atomic E-state index is -0.887. The van der Waals surface area contributed by atoms with Crippen molar-refractivity contribution in [2.75, 3.05) is 13.7 Å². The number of methoxy groups -OCH3 is 1. The lowest BCUT2D eigenvalue weighted by Crippen LogP contribution is -2.48. The Morgan fingerprint density at radius 1 is 1.31 bits per heavy atom. The van der Waals surface area contributed by atoms with E-state index in [1.165, 1.54) is 7.11 Å². The summed E-state index contributed by atoms with van der Waals surface area (Å²) < 4.78 is 4.70. The van der Waals surface area contributed by atoms with Crippen molar-refractivity contribution < 1.29 is 24.2 Å². The number of aliphatic carboxylic acids is 1. The maximum Gasteiger partial charge on any atom is 0.317 e. The molecule has 0 aromatic heterocycles. The Morgan fingerprint density at radius 2 is 2.04 bits per heavy atom. The van der Waals surface area contributed by atoms with E-state index in [0.29, 0.717) is 19.4 Å². The third-order valence-electron chi connectivity index (χ3n) is 4.63. The molecule has 2 amide bonds. The molecule has 1 aliphatic heterocycles. The fourth-order valence-corrected chi connectivity index (χ4v) is 3.27. The monoisotopic (exact) mass is 362 g/mol. The summed E-state index contributed by atoms with van der Waals surface area (Å²) in [5, 5.41) is 11.9. The highest BCUT2D eigenvalue weighted by Gasteiger charge is 2.31. The lowest BCUT2D eigenvalue weighted by Gasteiger charge is -2.27. The number of ether oxygens (including phenoxy) is 1. The first-order valence-electron chi connectivity index (χ1n) is 8.89. The second kappa shape index (κ2) is 9.79. The molecular weight excluding hydrogens is 336 g/mol. The third kappa shape index (κ3) is 6.06. The summed E-state index contributed by atoms with van der Waals surface area (Å²) in [4.78, 5) is 36.8. The van der Waals surface area contributed by atoms with Crippen molar-refractivity contribution in [3.8, 4) is 0 Å². The van der Waals surface area contributed by atoms with Gasteiger partial charge < -0.3 is 20.1 Å². The van der Waals surface area contributed by atoms with Gasteiger partial charge in [0.05, 0.1) is 13.5 Å². The van der Waals surface area contributed by atoms with E-state index in [0.717, 1.165) is 18.4 Å². The SMILES string of the molecule is COC(=O)CC1CCCN1C(=O)NC(CCC(=O)O)Cc1ccccc1. The van der Waals surface area contributed by atoms with E-state index in [9.17, 15) is 14.4 Å². The highest BCUT2D eigenvalue weighted by Crippen LogP contribution is 2.21. The molecule has 1 aromatic carbocycles. The number of carboxylic acid groups (broad SMARTS) is 1. The molecule has 2 unspecified atom stereocenters. The molecule has 142 valence electrons. The molecule has 0 bridgehead atoms. The molecule has 0 radical (unpaired) electrons. The van der Waals surface area contributed by atoms with Crippen molar-refractivity contribution in [1.29, 1.82) is 0 Å². The van der Waals surface area contributed by atoms with Gasteiger partial charge in [0.2, 0.25) is 0 Å². The zero-order valence-electron chi connectivity index (χ0n) is 15.0. The van der Waals surface area contributed by atoms with E-state index in [1.807, 2.05) is 30.3 Å². The topological polar surface area (TPSA) is 95.9 Å². The van der Waals surface area contributed by atoms with Crippen LogP contribution in [0.5, 0.6) is 0 Å². The summed E-state index contributed by atoms with van der Waals surface area (Å²) in [6.07, 6.45) is 2.70. The molecule has 26 heavy (non-hydrogen) atoms. The van der Waals surface area contributed by atoms with Crippen molar-refractivity contribution in [3.63, 3.8) is 0 Å². The second-order valence-electron chi connectivity index (χ2n) is 6.54. The number of nitrogens with zero attached hydrogens (tertiary/aromatic N) is 1. The highest BCUT2D eigenvalue weighted by molar-refractivity contribution is 5.77. The van der Waals surface area contributed by atoms with Crippen molar-refractivity contribution in [2.24, 2.45) is 0 Å². The first-order chi connectivity index (χ1) is 12.5. The van der Waals surface area contributed by atoms with Crippen LogP contribution in [0.25, 0.3) is 0 Å². The molecule has 1 saturated heterocycles. The van der Waals surface area contributed by atoms with Crippen LogP contribution in [0.2, 0.25) is 0 Å². The molecule has 2 rings (SSSR count). The highest BCUT2D eigenvalue weighted by atomic mass is 16.5. The number of urea groups is 1. The quantitative estimate of drug-likeness (QED) is 0.691. The van der Waals surface area contributed by atoms with E-state index < -0.39 is 5.97 Å². The molecule has 2 atom stereocenters. The number of carbonyl (C=O) groups excluding carboxylic acids is 2. The van der Waals surface area contributed by atoms with Gasteiger partial charge in [-0.05, 0) is 31.2 Å². The number of benzene rings is 1. The first-order valence-corrected chi connectivity index (χ1v) is 8.89. The summed E-state index contributed by atoms with van der Waals surface area (Å²) >= 11 is 0. The summed E-state index contributed by atoms with van der Waals surface area (Å²) in [6, 6.07) is 8.96. The van der Waals surface area contributed by atoms with Crippen LogP contribution >= 0.6 is 0 Å². The van der Waals surface area contributed by atoms with Crippen LogP contribution in [0, 0.1) is 0 Å². The molecule has 1 heterocycles. The maximum absolute atomic E-state index is 12.7. The second-order valence-corrected chi connectivity index (χ2v) is 6.54. The standard InChI is InChI=1S/C19H26N2O5/c1-26-18(24)13-16-8-5-11-21(16)19(25)20-15(9-10-17(22)23)12-14-6-3-2-4-7-14/h2-4,6-7,15-16H,5,8-13H2,1H3,(H,20,25)(H,22,23). The molecule has 0 saturated carbocycles. The minimum absolute atomic E-state index is 0.0105. The van der Waals surface area contributed by atoms with E-state index in [-0.39, 0.29) is 36.9 Å². The first kappa shape index (κ1) is 19.8. The van der Waals surface area contributed by atoms with Crippen LogP contribution in [0.4, 0.5) is 4.79 Å². The van der Waals surface area contributed by atoms with Gasteiger partial charge in [0.15, 0.2) is 0 Å². The fraction of sp³-hybridized carbons (Fsp3) is 0.526. The normalized spacial score (nSPS) is 17.6. The molecule has 1 aliphatic rings. The summed E-state index contributed by atoms with van der Waals surface area (Å²) in [5.41, 5.74) is 1.04. The Labute approximate surface area is 153 Å². The van der Waals surface area contributed by atoms with Crippen LogP contribution < -0.4 is 5.32 Å². The summed E-state index contributed by atoms with van der Waals surface area (Å²) in [7, 11) is 1.34. The van der Waals surface area contributed by atoms with Gasteiger partial charge in [-0.2, -0.15) is 0 Å². The number of hydrogen-bond acceptors (Lipinski definition) is 4. The third-order valence-corrected chi connectivity index (χ3v) is 4.63. The van der Waals surface area contributed by atoms with Crippen molar-refractivity contribution in [3.05, 3.63) is 35.9 Å². The van der Waals surface area contributed by atoms with E-state index in [2.05, 4.69) is 5.32 Å². The zero-order valence-corrected chi connectivity index (χ0v) is 15.0. The van der Waals surface area contributed by atoms with Crippen molar-refractivity contribution in [1.82, 2.24) is 10.2 Å². The largest absolute Gasteiger partial charge is 0.481 e. The molecule has 1 fully saturated rings. The van der Waals surface area contributed by atoms with Gasteiger partial charge in [-0.3, -0.25) is 9.59 Å². The van der Waals surface area contributed by atoms with Gasteiger partial charge in [-0.25, -0.2) is 4.79 Å². The Kier molecular flexibility index (Phi) is 7.44. The van der Waals surface area contributed by atoms with Crippen molar-refractivity contribution >= 4 is 18.0 Å². The lowest BCUT2D eigenvalue weighted by molar-refractivity contribution is -0.141. The number of hydrogen-bond donors (Lipinski definition) is 2. The summed E-state index contributed by atoms with van der Waals surface area (Å²) in [6.45, 7) is 0.588. The van der Waals surface area contributed by atoms with E-state index >= 15 is 0 Å². The van der Waals surface area contributed by atoms with Gasteiger partial charge in [-0.1, -0.05) is 30.3 Å². The number of carbonyl (C=O) groups is 3. The molecule has 2 N–H and O–H groups in total. The average molecular weight is 362 g/mol. The predicted octanol–water partition coefficient (Wildman–Crippen LogP) is 2.20. The molecule has 0 spiro atoms. The van der Waals surface area contributed by atoms with Crippen LogP contribution in [0.3, 0.4) is 0 Å². The van der Waals surface area contributed by atoms with Crippen LogP contribution in [0.15, 0.2) is 30.3 Å². The van der Waals surface area contributed by atoms with E-state index in [4.69, 9.17) is 9.84 Å². The Balaban J connectivity index is 1.99. The number of esters is 1. The molecule has 7 nitrogen and oxygen atoms in total. The van der Waals surface area contributed by atoms with Gasteiger partial charge in [0, 0.05) is 25.0 Å². The van der Waals surface area contributed by atoms with E-state index in [1.54, 1.807) is 4.90 Å². The number of carboxylic acids is 1.